The SMILES string of the molecule is C=Cc1oc([C@H](C(C)C)N2C(=O)c3ccccc3C2=O)nc1C(=O)OCC. The first-order valence-corrected chi connectivity index (χ1v) is 8.67. The molecule has 27 heavy (non-hydrogen) atoms. The van der Waals surface area contributed by atoms with E-state index in [1.165, 1.54) is 6.08 Å². The Kier molecular flexibility index (Phi) is 4.94. The van der Waals surface area contributed by atoms with Crippen molar-refractivity contribution in [3.8, 4) is 0 Å². The highest BCUT2D eigenvalue weighted by molar-refractivity contribution is 6.21. The van der Waals surface area contributed by atoms with Crippen molar-refractivity contribution in [1.82, 2.24) is 9.88 Å². The van der Waals surface area contributed by atoms with Gasteiger partial charge in [0, 0.05) is 0 Å². The van der Waals surface area contributed by atoms with Gasteiger partial charge in [0.15, 0.2) is 11.5 Å². The molecule has 3 rings (SSSR count). The van der Waals surface area contributed by atoms with E-state index < -0.39 is 23.8 Å². The molecule has 1 aliphatic heterocycles. The standard InChI is InChI=1S/C20H20N2O5/c1-5-14-15(20(25)26-6-2)21-17(27-14)16(11(3)4)22-18(23)12-9-7-8-10-13(12)19(22)24/h5,7-11,16H,1,6H2,2-4H3/t16-/m0/s1. The van der Waals surface area contributed by atoms with Gasteiger partial charge in [0.05, 0.1) is 17.7 Å². The van der Waals surface area contributed by atoms with Crippen LogP contribution in [0.2, 0.25) is 0 Å². The molecule has 0 radical (unpaired) electrons. The minimum Gasteiger partial charge on any atom is -0.461 e. The topological polar surface area (TPSA) is 89.7 Å². The van der Waals surface area contributed by atoms with Gasteiger partial charge in [-0.05, 0) is 31.1 Å². The largest absolute Gasteiger partial charge is 0.461 e. The van der Waals surface area contributed by atoms with Crippen LogP contribution in [0, 0.1) is 5.92 Å². The minimum atomic E-state index is -0.765. The predicted octanol–water partition coefficient (Wildman–Crippen LogP) is 3.49. The maximum Gasteiger partial charge on any atom is 0.360 e. The van der Waals surface area contributed by atoms with Gasteiger partial charge in [-0.25, -0.2) is 9.78 Å². The Balaban J connectivity index is 2.06. The molecule has 0 saturated carbocycles. The van der Waals surface area contributed by atoms with Crippen molar-refractivity contribution in [3.63, 3.8) is 0 Å². The third-order valence-electron chi connectivity index (χ3n) is 4.31. The number of carbonyl (C=O) groups is 3. The Bertz CT molecular complexity index is 893. The van der Waals surface area contributed by atoms with Gasteiger partial charge in [0.25, 0.3) is 11.8 Å². The molecular formula is C20H20N2O5. The maximum atomic E-state index is 12.8. The number of hydrogen-bond donors (Lipinski definition) is 0. The van der Waals surface area contributed by atoms with Gasteiger partial charge in [-0.2, -0.15) is 0 Å². The van der Waals surface area contributed by atoms with Gasteiger partial charge in [0.2, 0.25) is 5.89 Å². The molecule has 2 aromatic rings. The average Bonchev–Trinajstić information content (AvgIpc) is 3.18. The van der Waals surface area contributed by atoms with Crippen LogP contribution in [0.5, 0.6) is 0 Å². The van der Waals surface area contributed by atoms with E-state index in [1.54, 1.807) is 31.2 Å². The highest BCUT2D eigenvalue weighted by atomic mass is 16.5. The van der Waals surface area contributed by atoms with Crippen molar-refractivity contribution in [1.29, 1.82) is 0 Å². The molecule has 2 amide bonds. The van der Waals surface area contributed by atoms with Crippen LogP contribution < -0.4 is 0 Å². The summed E-state index contributed by atoms with van der Waals surface area (Å²) in [6.45, 7) is 9.18. The van der Waals surface area contributed by atoms with Crippen molar-refractivity contribution in [3.05, 3.63) is 59.3 Å². The maximum absolute atomic E-state index is 12.8. The summed E-state index contributed by atoms with van der Waals surface area (Å²) in [5, 5.41) is 0. The molecule has 7 heteroatoms. The molecule has 0 spiro atoms. The summed E-state index contributed by atoms with van der Waals surface area (Å²) >= 11 is 0. The van der Waals surface area contributed by atoms with E-state index in [1.807, 2.05) is 13.8 Å². The number of imide groups is 1. The normalized spacial score (nSPS) is 14.4. The Morgan fingerprint density at radius 1 is 1.26 bits per heavy atom. The van der Waals surface area contributed by atoms with E-state index in [2.05, 4.69) is 11.6 Å². The second-order valence-electron chi connectivity index (χ2n) is 6.40. The molecule has 0 bridgehead atoms. The molecule has 0 fully saturated rings. The Morgan fingerprint density at radius 2 is 1.85 bits per heavy atom. The van der Waals surface area contributed by atoms with E-state index in [0.717, 1.165) is 4.90 Å². The molecule has 1 aromatic carbocycles. The van der Waals surface area contributed by atoms with Crippen molar-refractivity contribution in [2.24, 2.45) is 5.92 Å². The number of oxazole rings is 1. The van der Waals surface area contributed by atoms with Crippen molar-refractivity contribution < 1.29 is 23.5 Å². The van der Waals surface area contributed by atoms with E-state index >= 15 is 0 Å². The van der Waals surface area contributed by atoms with Gasteiger partial charge in [-0.15, -0.1) is 0 Å². The fourth-order valence-corrected chi connectivity index (χ4v) is 3.11. The predicted molar refractivity (Wildman–Crippen MR) is 97.1 cm³/mol. The number of fused-ring (bicyclic) bond motifs is 1. The lowest BCUT2D eigenvalue weighted by molar-refractivity contribution is 0.0504. The molecule has 0 aliphatic carbocycles. The zero-order valence-electron chi connectivity index (χ0n) is 15.4. The average molecular weight is 368 g/mol. The van der Waals surface area contributed by atoms with Gasteiger partial charge in [0.1, 0.15) is 6.04 Å². The lowest BCUT2D eigenvalue weighted by Gasteiger charge is -2.26. The summed E-state index contributed by atoms with van der Waals surface area (Å²) in [6.07, 6.45) is 1.35. The third-order valence-corrected chi connectivity index (χ3v) is 4.31. The van der Waals surface area contributed by atoms with Gasteiger partial charge < -0.3 is 9.15 Å². The summed E-state index contributed by atoms with van der Waals surface area (Å²) in [5.41, 5.74) is 0.660. The molecule has 7 nitrogen and oxygen atoms in total. The van der Waals surface area contributed by atoms with E-state index in [0.29, 0.717) is 11.1 Å². The number of rotatable bonds is 6. The fraction of sp³-hybridized carbons (Fsp3) is 0.300. The summed E-state index contributed by atoms with van der Waals surface area (Å²) in [7, 11) is 0. The van der Waals surface area contributed by atoms with Crippen LogP contribution >= 0.6 is 0 Å². The first-order chi connectivity index (χ1) is 12.9. The quantitative estimate of drug-likeness (QED) is 0.573. The Morgan fingerprint density at radius 3 is 2.33 bits per heavy atom. The number of amides is 2. The number of benzene rings is 1. The van der Waals surface area contributed by atoms with E-state index in [4.69, 9.17) is 9.15 Å². The molecule has 2 heterocycles. The first kappa shape index (κ1) is 18.6. The van der Waals surface area contributed by atoms with Crippen LogP contribution in [-0.4, -0.2) is 34.3 Å². The molecule has 1 aromatic heterocycles. The first-order valence-electron chi connectivity index (χ1n) is 8.67. The molecule has 0 saturated heterocycles. The second-order valence-corrected chi connectivity index (χ2v) is 6.40. The third kappa shape index (κ3) is 3.05. The minimum absolute atomic E-state index is 0.0240. The lowest BCUT2D eigenvalue weighted by atomic mass is 10.0. The highest BCUT2D eigenvalue weighted by Gasteiger charge is 2.44. The zero-order valence-corrected chi connectivity index (χ0v) is 15.4. The fourth-order valence-electron chi connectivity index (χ4n) is 3.11. The van der Waals surface area contributed by atoms with E-state index in [-0.39, 0.29) is 29.9 Å². The monoisotopic (exact) mass is 368 g/mol. The van der Waals surface area contributed by atoms with Crippen LogP contribution in [0.25, 0.3) is 6.08 Å². The number of hydrogen-bond acceptors (Lipinski definition) is 6. The zero-order chi connectivity index (χ0) is 19.7. The van der Waals surface area contributed by atoms with Crippen molar-refractivity contribution >= 4 is 23.9 Å². The number of esters is 1. The molecule has 0 unspecified atom stereocenters. The molecule has 140 valence electrons. The van der Waals surface area contributed by atoms with Gasteiger partial charge in [-0.1, -0.05) is 32.6 Å². The molecular weight excluding hydrogens is 348 g/mol. The van der Waals surface area contributed by atoms with Crippen LogP contribution in [0.4, 0.5) is 0 Å². The highest BCUT2D eigenvalue weighted by Crippen LogP contribution is 2.36. The van der Waals surface area contributed by atoms with Crippen LogP contribution in [0.15, 0.2) is 35.3 Å². The van der Waals surface area contributed by atoms with Crippen LogP contribution in [0.1, 0.15) is 69.7 Å². The number of carbonyl (C=O) groups excluding carboxylic acids is 3. The van der Waals surface area contributed by atoms with Crippen LogP contribution in [0.3, 0.4) is 0 Å². The number of aromatic nitrogens is 1. The number of ether oxygens (including phenoxy) is 1. The second kappa shape index (κ2) is 7.19. The Hall–Kier alpha value is -3.22. The summed E-state index contributed by atoms with van der Waals surface area (Å²) < 4.78 is 10.7. The van der Waals surface area contributed by atoms with Crippen molar-refractivity contribution in [2.75, 3.05) is 6.61 Å². The van der Waals surface area contributed by atoms with Gasteiger partial charge >= 0.3 is 5.97 Å². The Labute approximate surface area is 156 Å². The molecule has 0 N–H and O–H groups in total. The van der Waals surface area contributed by atoms with Crippen molar-refractivity contribution in [2.45, 2.75) is 26.8 Å². The lowest BCUT2D eigenvalue weighted by Crippen LogP contribution is -2.37. The van der Waals surface area contributed by atoms with Crippen LogP contribution in [-0.2, 0) is 4.74 Å². The summed E-state index contributed by atoms with van der Waals surface area (Å²) in [4.78, 5) is 43.2. The summed E-state index contributed by atoms with van der Waals surface area (Å²) in [6, 6.07) is 5.87. The van der Waals surface area contributed by atoms with Gasteiger partial charge in [-0.3, -0.25) is 14.5 Å². The smallest absolute Gasteiger partial charge is 0.360 e. The van der Waals surface area contributed by atoms with E-state index in [9.17, 15) is 14.4 Å². The number of nitrogens with zero attached hydrogens (tertiary/aromatic N) is 2. The molecule has 1 aliphatic rings. The summed E-state index contributed by atoms with van der Waals surface area (Å²) in [5.74, 6) is -1.43. The molecule has 1 atom stereocenters.